The normalized spacial score (nSPS) is 15.6. The lowest BCUT2D eigenvalue weighted by atomic mass is 9.98. The maximum atomic E-state index is 12.7. The Balaban J connectivity index is 1.64. The number of benzene rings is 2. The van der Waals surface area contributed by atoms with Gasteiger partial charge in [-0.05, 0) is 56.0 Å². The Bertz CT molecular complexity index is 989. The maximum Gasteiger partial charge on any atom is 0.251 e. The highest BCUT2D eigenvalue weighted by atomic mass is 32.2. The van der Waals surface area contributed by atoms with Gasteiger partial charge in [0, 0.05) is 37.3 Å². The van der Waals surface area contributed by atoms with Crippen molar-refractivity contribution in [2.45, 2.75) is 57.1 Å². The number of carbonyl (C=O) groups excluding carboxylic acids is 1. The molecule has 0 aliphatic carbocycles. The second-order valence-electron chi connectivity index (χ2n) is 8.07. The lowest BCUT2D eigenvalue weighted by molar-refractivity contribution is 0.0926. The van der Waals surface area contributed by atoms with Gasteiger partial charge in [-0.15, -0.1) is 0 Å². The summed E-state index contributed by atoms with van der Waals surface area (Å²) in [6.07, 6.45) is 1.94. The van der Waals surface area contributed by atoms with Crippen LogP contribution in [0.4, 0.5) is 0 Å². The van der Waals surface area contributed by atoms with Gasteiger partial charge in [0.1, 0.15) is 0 Å². The van der Waals surface area contributed by atoms with Gasteiger partial charge in [-0.25, -0.2) is 13.1 Å². The number of sulfonamides is 1. The van der Waals surface area contributed by atoms with Gasteiger partial charge in [0.2, 0.25) is 10.0 Å². The average Bonchev–Trinajstić information content (AvgIpc) is 2.73. The molecule has 0 fully saturated rings. The Labute approximate surface area is 179 Å². The molecule has 1 aliphatic rings. The highest BCUT2D eigenvalue weighted by Gasteiger charge is 2.23. The van der Waals surface area contributed by atoms with E-state index in [1.165, 1.54) is 23.3 Å². The lowest BCUT2D eigenvalue weighted by Gasteiger charge is -2.35. The Kier molecular flexibility index (Phi) is 7.28. The molecule has 0 aromatic heterocycles. The minimum atomic E-state index is -3.64. The minimum Gasteiger partial charge on any atom is -0.350 e. The van der Waals surface area contributed by atoms with Crippen LogP contribution in [0.3, 0.4) is 0 Å². The van der Waals surface area contributed by atoms with Gasteiger partial charge in [-0.3, -0.25) is 9.69 Å². The molecule has 0 bridgehead atoms. The number of hydrogen-bond acceptors (Lipinski definition) is 4. The van der Waals surface area contributed by atoms with Crippen molar-refractivity contribution in [1.29, 1.82) is 0 Å². The smallest absolute Gasteiger partial charge is 0.251 e. The quantitative estimate of drug-likeness (QED) is 0.676. The third kappa shape index (κ3) is 5.47. The van der Waals surface area contributed by atoms with E-state index in [4.69, 9.17) is 0 Å². The van der Waals surface area contributed by atoms with E-state index in [9.17, 15) is 13.2 Å². The fraction of sp³-hybridized carbons (Fsp3) is 0.435. The number of fused-ring (bicyclic) bond motifs is 1. The third-order valence-corrected chi connectivity index (χ3v) is 7.10. The number of nitrogens with zero attached hydrogens (tertiary/aromatic N) is 1. The van der Waals surface area contributed by atoms with E-state index in [0.29, 0.717) is 12.1 Å². The predicted octanol–water partition coefficient (Wildman–Crippen LogP) is 2.94. The zero-order valence-corrected chi connectivity index (χ0v) is 18.7. The second kappa shape index (κ2) is 9.73. The van der Waals surface area contributed by atoms with Crippen LogP contribution in [0.15, 0.2) is 53.4 Å². The van der Waals surface area contributed by atoms with Gasteiger partial charge in [-0.1, -0.05) is 37.3 Å². The first-order chi connectivity index (χ1) is 14.3. The van der Waals surface area contributed by atoms with E-state index in [0.717, 1.165) is 25.9 Å². The van der Waals surface area contributed by atoms with Crippen molar-refractivity contribution in [2.24, 2.45) is 0 Å². The summed E-state index contributed by atoms with van der Waals surface area (Å²) < 4.78 is 27.3. The Morgan fingerprint density at radius 2 is 1.83 bits per heavy atom. The number of amides is 1. The van der Waals surface area contributed by atoms with Gasteiger partial charge in [0.05, 0.1) is 4.90 Å². The fourth-order valence-corrected chi connectivity index (χ4v) is 5.15. The summed E-state index contributed by atoms with van der Waals surface area (Å²) in [5.74, 6) is -0.257. The highest BCUT2D eigenvalue weighted by molar-refractivity contribution is 7.89. The zero-order valence-electron chi connectivity index (χ0n) is 17.9. The third-order valence-electron chi connectivity index (χ3n) is 5.44. The fourth-order valence-electron chi connectivity index (χ4n) is 3.86. The molecule has 3 rings (SSSR count). The van der Waals surface area contributed by atoms with E-state index >= 15 is 0 Å². The largest absolute Gasteiger partial charge is 0.350 e. The van der Waals surface area contributed by atoms with Crippen LogP contribution in [0.5, 0.6) is 0 Å². The van der Waals surface area contributed by atoms with Gasteiger partial charge in [0.25, 0.3) is 5.91 Å². The molecule has 0 radical (unpaired) electrons. The standard InChI is InChI=1S/C23H31N3O3S/c1-4-21(26-13-12-18-8-5-6-9-20(18)16-26)15-24-23(27)19-10-7-11-22(14-19)30(28,29)25-17(2)3/h5-11,14,17,21,25H,4,12-13,15-16H2,1-3H3,(H,24,27). The Morgan fingerprint density at radius 3 is 2.53 bits per heavy atom. The van der Waals surface area contributed by atoms with Gasteiger partial charge >= 0.3 is 0 Å². The van der Waals surface area contributed by atoms with Crippen LogP contribution in [0.25, 0.3) is 0 Å². The molecule has 1 aliphatic heterocycles. The predicted molar refractivity (Wildman–Crippen MR) is 119 cm³/mol. The molecule has 0 saturated heterocycles. The first-order valence-corrected chi connectivity index (χ1v) is 12.0. The van der Waals surface area contributed by atoms with Gasteiger partial charge < -0.3 is 5.32 Å². The van der Waals surface area contributed by atoms with E-state index < -0.39 is 10.0 Å². The highest BCUT2D eigenvalue weighted by Crippen LogP contribution is 2.21. The zero-order chi connectivity index (χ0) is 21.7. The molecule has 1 heterocycles. The van der Waals surface area contributed by atoms with Crippen LogP contribution in [0, 0.1) is 0 Å². The van der Waals surface area contributed by atoms with Crippen molar-refractivity contribution in [3.63, 3.8) is 0 Å². The maximum absolute atomic E-state index is 12.7. The summed E-state index contributed by atoms with van der Waals surface area (Å²) in [5.41, 5.74) is 3.10. The summed E-state index contributed by atoms with van der Waals surface area (Å²) in [6, 6.07) is 14.7. The van der Waals surface area contributed by atoms with Crippen LogP contribution in [0.1, 0.15) is 48.7 Å². The molecule has 2 aromatic carbocycles. The number of rotatable bonds is 8. The van der Waals surface area contributed by atoms with Crippen LogP contribution in [-0.4, -0.2) is 44.4 Å². The minimum absolute atomic E-state index is 0.100. The van der Waals surface area contributed by atoms with E-state index in [1.807, 2.05) is 0 Å². The van der Waals surface area contributed by atoms with E-state index in [-0.39, 0.29) is 22.9 Å². The van der Waals surface area contributed by atoms with Crippen LogP contribution < -0.4 is 10.0 Å². The Hall–Kier alpha value is -2.22. The van der Waals surface area contributed by atoms with Crippen molar-refractivity contribution in [1.82, 2.24) is 14.9 Å². The summed E-state index contributed by atoms with van der Waals surface area (Å²) in [4.78, 5) is 15.2. The average molecular weight is 430 g/mol. The van der Waals surface area contributed by atoms with Gasteiger partial charge in [-0.2, -0.15) is 0 Å². The molecular weight excluding hydrogens is 398 g/mol. The molecule has 0 saturated carbocycles. The molecule has 2 N–H and O–H groups in total. The SMILES string of the molecule is CCC(CNC(=O)c1cccc(S(=O)(=O)NC(C)C)c1)N1CCc2ccccc2C1. The molecule has 2 aromatic rings. The second-order valence-corrected chi connectivity index (χ2v) is 9.78. The molecule has 30 heavy (non-hydrogen) atoms. The van der Waals surface area contributed by atoms with Crippen molar-refractivity contribution in [3.05, 3.63) is 65.2 Å². The molecular formula is C23H31N3O3S. The van der Waals surface area contributed by atoms with Crippen molar-refractivity contribution >= 4 is 15.9 Å². The molecule has 162 valence electrons. The topological polar surface area (TPSA) is 78.5 Å². The lowest BCUT2D eigenvalue weighted by Crippen LogP contribution is -2.45. The van der Waals surface area contributed by atoms with Crippen molar-refractivity contribution in [3.8, 4) is 0 Å². The van der Waals surface area contributed by atoms with Crippen LogP contribution >= 0.6 is 0 Å². The summed E-state index contributed by atoms with van der Waals surface area (Å²) >= 11 is 0. The molecule has 1 unspecified atom stereocenters. The summed E-state index contributed by atoms with van der Waals surface area (Å²) in [6.45, 7) is 8.04. The Morgan fingerprint density at radius 1 is 1.10 bits per heavy atom. The first-order valence-electron chi connectivity index (χ1n) is 10.5. The number of hydrogen-bond donors (Lipinski definition) is 2. The van der Waals surface area contributed by atoms with Crippen molar-refractivity contribution in [2.75, 3.05) is 13.1 Å². The monoisotopic (exact) mass is 429 g/mol. The van der Waals surface area contributed by atoms with Crippen LogP contribution in [0.2, 0.25) is 0 Å². The van der Waals surface area contributed by atoms with E-state index in [2.05, 4.69) is 46.1 Å². The van der Waals surface area contributed by atoms with Crippen molar-refractivity contribution < 1.29 is 13.2 Å². The molecule has 1 atom stereocenters. The molecule has 7 heteroatoms. The van der Waals surface area contributed by atoms with Crippen LogP contribution in [-0.2, 0) is 23.0 Å². The first kappa shape index (κ1) is 22.5. The van der Waals surface area contributed by atoms with E-state index in [1.54, 1.807) is 26.0 Å². The van der Waals surface area contributed by atoms with Gasteiger partial charge in [0.15, 0.2) is 0 Å². The molecule has 1 amide bonds. The molecule has 6 nitrogen and oxygen atoms in total. The summed E-state index contributed by atoms with van der Waals surface area (Å²) in [7, 11) is -3.64. The molecule has 0 spiro atoms. The summed E-state index contributed by atoms with van der Waals surface area (Å²) in [5, 5.41) is 2.99. The number of carbonyl (C=O) groups is 1. The number of nitrogens with one attached hydrogen (secondary N) is 2.